The van der Waals surface area contributed by atoms with Gasteiger partial charge in [-0.1, -0.05) is 11.6 Å². The number of nitrogens with two attached hydrogens (primary N) is 1. The van der Waals surface area contributed by atoms with Gasteiger partial charge < -0.3 is 11.1 Å². The predicted octanol–water partition coefficient (Wildman–Crippen LogP) is 2.51. The summed E-state index contributed by atoms with van der Waals surface area (Å²) >= 11 is 7.39. The van der Waals surface area contributed by atoms with Crippen LogP contribution in [0.25, 0.3) is 0 Å². The average molecular weight is 268 g/mol. The highest BCUT2D eigenvalue weighted by molar-refractivity contribution is 7.07. The third kappa shape index (κ3) is 2.95. The number of hydrogen-bond donors (Lipinski definition) is 2. The zero-order valence-electron chi connectivity index (χ0n) is 8.81. The van der Waals surface area contributed by atoms with Crippen molar-refractivity contribution in [3.05, 3.63) is 45.4 Å². The lowest BCUT2D eigenvalue weighted by molar-refractivity contribution is 0.100. The Kier molecular flexibility index (Phi) is 3.61. The van der Waals surface area contributed by atoms with E-state index in [9.17, 15) is 4.79 Å². The minimum absolute atomic E-state index is 0.315. The molecule has 0 aliphatic carbocycles. The maximum atomic E-state index is 11.1. The summed E-state index contributed by atoms with van der Waals surface area (Å²) in [6.45, 7) is 0.601. The van der Waals surface area contributed by atoms with Gasteiger partial charge in [0.05, 0.1) is 28.3 Å². The van der Waals surface area contributed by atoms with Crippen LogP contribution in [0.5, 0.6) is 0 Å². The lowest BCUT2D eigenvalue weighted by Gasteiger charge is -2.07. The van der Waals surface area contributed by atoms with E-state index in [1.165, 1.54) is 11.3 Å². The molecule has 0 aliphatic heterocycles. The highest BCUT2D eigenvalue weighted by atomic mass is 35.5. The maximum Gasteiger partial charge on any atom is 0.250 e. The SMILES string of the molecule is NC(=O)c1cc(NCc2cscn2)ccc1Cl. The first-order valence-electron chi connectivity index (χ1n) is 4.87. The largest absolute Gasteiger partial charge is 0.379 e. The molecule has 0 saturated heterocycles. The number of hydrogen-bond acceptors (Lipinski definition) is 4. The summed E-state index contributed by atoms with van der Waals surface area (Å²) < 4.78 is 0. The van der Waals surface area contributed by atoms with Gasteiger partial charge in [-0.15, -0.1) is 11.3 Å². The molecule has 0 spiro atoms. The monoisotopic (exact) mass is 267 g/mol. The molecule has 0 saturated carbocycles. The number of primary amides is 1. The molecule has 88 valence electrons. The van der Waals surface area contributed by atoms with Gasteiger partial charge in [-0.25, -0.2) is 4.98 Å². The maximum absolute atomic E-state index is 11.1. The van der Waals surface area contributed by atoms with Crippen LogP contribution in [0, 0.1) is 0 Å². The third-order valence-corrected chi connectivity index (χ3v) is 3.15. The van der Waals surface area contributed by atoms with E-state index in [0.717, 1.165) is 11.4 Å². The van der Waals surface area contributed by atoms with E-state index < -0.39 is 5.91 Å². The van der Waals surface area contributed by atoms with Crippen LogP contribution in [0.15, 0.2) is 29.1 Å². The second-order valence-corrected chi connectivity index (χ2v) is 4.52. The summed E-state index contributed by atoms with van der Waals surface area (Å²) in [4.78, 5) is 15.3. The molecule has 0 atom stereocenters. The number of carbonyl (C=O) groups excluding carboxylic acids is 1. The van der Waals surface area contributed by atoms with Crippen molar-refractivity contribution in [2.24, 2.45) is 5.73 Å². The molecule has 1 amide bonds. The first kappa shape index (κ1) is 11.9. The van der Waals surface area contributed by atoms with Gasteiger partial charge >= 0.3 is 0 Å². The van der Waals surface area contributed by atoms with E-state index >= 15 is 0 Å². The molecule has 6 heteroatoms. The number of rotatable bonds is 4. The molecule has 2 aromatic rings. The first-order valence-corrected chi connectivity index (χ1v) is 6.19. The molecular formula is C11H10ClN3OS. The van der Waals surface area contributed by atoms with Crippen molar-refractivity contribution >= 4 is 34.5 Å². The minimum Gasteiger partial charge on any atom is -0.379 e. The van der Waals surface area contributed by atoms with Crippen LogP contribution >= 0.6 is 22.9 Å². The zero-order chi connectivity index (χ0) is 12.3. The van der Waals surface area contributed by atoms with Crippen molar-refractivity contribution in [3.63, 3.8) is 0 Å². The van der Waals surface area contributed by atoms with Crippen LogP contribution in [-0.4, -0.2) is 10.9 Å². The van der Waals surface area contributed by atoms with Gasteiger partial charge in [-0.3, -0.25) is 4.79 Å². The summed E-state index contributed by atoms with van der Waals surface area (Å²) in [5.74, 6) is -0.535. The van der Waals surface area contributed by atoms with Crippen molar-refractivity contribution in [2.75, 3.05) is 5.32 Å². The fourth-order valence-corrected chi connectivity index (χ4v) is 2.11. The number of benzene rings is 1. The van der Waals surface area contributed by atoms with E-state index in [2.05, 4.69) is 10.3 Å². The van der Waals surface area contributed by atoms with E-state index in [1.807, 2.05) is 5.38 Å². The van der Waals surface area contributed by atoms with Crippen molar-refractivity contribution in [3.8, 4) is 0 Å². The van der Waals surface area contributed by atoms with E-state index in [0.29, 0.717) is 17.1 Å². The average Bonchev–Trinajstić information content (AvgIpc) is 2.80. The first-order chi connectivity index (χ1) is 8.16. The van der Waals surface area contributed by atoms with Crippen LogP contribution in [-0.2, 0) is 6.54 Å². The number of nitrogens with one attached hydrogen (secondary N) is 1. The lowest BCUT2D eigenvalue weighted by atomic mass is 10.2. The topological polar surface area (TPSA) is 68.0 Å². The molecule has 0 bridgehead atoms. The smallest absolute Gasteiger partial charge is 0.250 e. The molecule has 3 N–H and O–H groups in total. The Bertz CT molecular complexity index is 528. The second-order valence-electron chi connectivity index (χ2n) is 3.39. The van der Waals surface area contributed by atoms with Crippen molar-refractivity contribution in [1.29, 1.82) is 0 Å². The van der Waals surface area contributed by atoms with Crippen LogP contribution < -0.4 is 11.1 Å². The highest BCUT2D eigenvalue weighted by Gasteiger charge is 2.07. The Morgan fingerprint density at radius 1 is 1.53 bits per heavy atom. The van der Waals surface area contributed by atoms with E-state index in [-0.39, 0.29) is 0 Å². The number of thiazole rings is 1. The van der Waals surface area contributed by atoms with Crippen molar-refractivity contribution in [2.45, 2.75) is 6.54 Å². The Balaban J connectivity index is 2.11. The molecule has 17 heavy (non-hydrogen) atoms. The van der Waals surface area contributed by atoms with Gasteiger partial charge in [0, 0.05) is 11.1 Å². The van der Waals surface area contributed by atoms with Crippen LogP contribution in [0.4, 0.5) is 5.69 Å². The van der Waals surface area contributed by atoms with E-state index in [1.54, 1.807) is 23.7 Å². The molecule has 1 aromatic heterocycles. The van der Waals surface area contributed by atoms with Crippen LogP contribution in [0.1, 0.15) is 16.1 Å². The van der Waals surface area contributed by atoms with Crippen LogP contribution in [0.3, 0.4) is 0 Å². The molecule has 0 fully saturated rings. The number of halogens is 1. The fourth-order valence-electron chi connectivity index (χ4n) is 1.34. The quantitative estimate of drug-likeness (QED) is 0.894. The number of aromatic nitrogens is 1. The highest BCUT2D eigenvalue weighted by Crippen LogP contribution is 2.20. The molecule has 1 aromatic carbocycles. The van der Waals surface area contributed by atoms with Crippen molar-refractivity contribution in [1.82, 2.24) is 4.98 Å². The number of carbonyl (C=O) groups is 1. The summed E-state index contributed by atoms with van der Waals surface area (Å²) in [5, 5.41) is 5.46. The Labute approximate surface area is 107 Å². The summed E-state index contributed by atoms with van der Waals surface area (Å²) in [6.07, 6.45) is 0. The predicted molar refractivity (Wildman–Crippen MR) is 69.4 cm³/mol. The molecule has 2 rings (SSSR count). The van der Waals surface area contributed by atoms with Gasteiger partial charge in [-0.05, 0) is 18.2 Å². The third-order valence-electron chi connectivity index (χ3n) is 2.19. The number of nitrogens with zero attached hydrogens (tertiary/aromatic N) is 1. The fraction of sp³-hybridized carbons (Fsp3) is 0.0909. The number of amides is 1. The minimum atomic E-state index is -0.535. The zero-order valence-corrected chi connectivity index (χ0v) is 10.4. The molecule has 0 radical (unpaired) electrons. The molecule has 4 nitrogen and oxygen atoms in total. The number of anilines is 1. The van der Waals surface area contributed by atoms with Gasteiger partial charge in [0.25, 0.3) is 0 Å². The van der Waals surface area contributed by atoms with Gasteiger partial charge in [0.2, 0.25) is 5.91 Å². The molecule has 0 unspecified atom stereocenters. The Morgan fingerprint density at radius 2 is 2.35 bits per heavy atom. The Hall–Kier alpha value is -1.59. The van der Waals surface area contributed by atoms with Gasteiger partial charge in [0.15, 0.2) is 0 Å². The standard InChI is InChI=1S/C11H10ClN3OS/c12-10-2-1-7(3-9(10)11(13)16)14-4-8-5-17-6-15-8/h1-3,5-6,14H,4H2,(H2,13,16). The van der Waals surface area contributed by atoms with E-state index in [4.69, 9.17) is 17.3 Å². The molecule has 0 aliphatic rings. The van der Waals surface area contributed by atoms with Gasteiger partial charge in [-0.2, -0.15) is 0 Å². The van der Waals surface area contributed by atoms with Crippen LogP contribution in [0.2, 0.25) is 5.02 Å². The molecule has 1 heterocycles. The van der Waals surface area contributed by atoms with Gasteiger partial charge in [0.1, 0.15) is 0 Å². The lowest BCUT2D eigenvalue weighted by Crippen LogP contribution is -2.12. The Morgan fingerprint density at radius 3 is 3.00 bits per heavy atom. The molecular weight excluding hydrogens is 258 g/mol. The normalized spacial score (nSPS) is 10.2. The van der Waals surface area contributed by atoms with Crippen molar-refractivity contribution < 1.29 is 4.79 Å². The second kappa shape index (κ2) is 5.16. The summed E-state index contributed by atoms with van der Waals surface area (Å²) in [6, 6.07) is 5.07. The summed E-state index contributed by atoms with van der Waals surface area (Å²) in [5.41, 5.74) is 9.04. The summed E-state index contributed by atoms with van der Waals surface area (Å²) in [7, 11) is 0.